The average molecular weight is 533 g/mol. The quantitative estimate of drug-likeness (QED) is 0.356. The normalized spacial score (nSPS) is 15.4. The van der Waals surface area contributed by atoms with E-state index in [1.54, 1.807) is 22.9 Å². The van der Waals surface area contributed by atoms with Crippen molar-refractivity contribution in [2.45, 2.75) is 32.7 Å². The number of urea groups is 1. The lowest BCUT2D eigenvalue weighted by atomic mass is 9.92. The van der Waals surface area contributed by atoms with E-state index in [-0.39, 0.29) is 18.5 Å². The van der Waals surface area contributed by atoms with Crippen LogP contribution in [0.5, 0.6) is 0 Å². The Bertz CT molecular complexity index is 1650. The van der Waals surface area contributed by atoms with Crippen molar-refractivity contribution in [3.63, 3.8) is 0 Å². The number of benzene rings is 3. The molecule has 0 saturated carbocycles. The fourth-order valence-electron chi connectivity index (χ4n) is 4.25. The van der Waals surface area contributed by atoms with Gasteiger partial charge in [0.05, 0.1) is 23.6 Å². The first-order valence-corrected chi connectivity index (χ1v) is 13.5. The van der Waals surface area contributed by atoms with Gasteiger partial charge in [-0.15, -0.1) is 0 Å². The van der Waals surface area contributed by atoms with Crippen LogP contribution in [0.25, 0.3) is 16.5 Å². The minimum Gasteiger partial charge on any atom is -0.307 e. The summed E-state index contributed by atoms with van der Waals surface area (Å²) in [6, 6.07) is 22.1. The third-order valence-electron chi connectivity index (χ3n) is 6.17. The van der Waals surface area contributed by atoms with Crippen LogP contribution >= 0.6 is 0 Å². The summed E-state index contributed by atoms with van der Waals surface area (Å²) >= 11 is 0. The number of carbonyl (C=O) groups is 2. The molecule has 0 spiro atoms. The first-order chi connectivity index (χ1) is 18.0. The van der Waals surface area contributed by atoms with Crippen molar-refractivity contribution in [3.05, 3.63) is 84.1 Å². The van der Waals surface area contributed by atoms with Crippen molar-refractivity contribution in [1.29, 1.82) is 0 Å². The zero-order valence-electron chi connectivity index (χ0n) is 21.2. The van der Waals surface area contributed by atoms with Crippen molar-refractivity contribution < 1.29 is 18.0 Å². The third kappa shape index (κ3) is 5.24. The second-order valence-corrected chi connectivity index (χ2v) is 11.8. The smallest absolute Gasteiger partial charge is 0.307 e. The molecule has 1 aliphatic heterocycles. The van der Waals surface area contributed by atoms with Crippen LogP contribution in [0.2, 0.25) is 0 Å². The summed E-state index contributed by atoms with van der Waals surface area (Å²) in [4.78, 5) is 24.7. The van der Waals surface area contributed by atoms with Gasteiger partial charge in [0.2, 0.25) is 5.91 Å². The van der Waals surface area contributed by atoms with Crippen molar-refractivity contribution in [3.8, 4) is 5.69 Å². The Labute approximate surface area is 220 Å². The van der Waals surface area contributed by atoms with Gasteiger partial charge in [0.25, 0.3) is 0 Å². The molecule has 0 atom stereocenters. The van der Waals surface area contributed by atoms with Gasteiger partial charge in [-0.1, -0.05) is 69.3 Å². The Balaban J connectivity index is 1.44. The molecule has 1 saturated heterocycles. The Morgan fingerprint density at radius 3 is 2.47 bits per heavy atom. The molecule has 1 fully saturated rings. The van der Waals surface area contributed by atoms with Crippen molar-refractivity contribution in [1.82, 2.24) is 18.8 Å². The Kier molecular flexibility index (Phi) is 6.41. The van der Waals surface area contributed by atoms with Gasteiger partial charge >= 0.3 is 16.2 Å². The van der Waals surface area contributed by atoms with E-state index in [1.165, 1.54) is 0 Å². The number of nitrogens with one attached hydrogen (secondary N) is 3. The molecule has 0 aliphatic carbocycles. The van der Waals surface area contributed by atoms with Crippen LogP contribution in [0.3, 0.4) is 0 Å². The van der Waals surface area contributed by atoms with E-state index in [9.17, 15) is 18.0 Å². The molecule has 3 N–H and O–H groups in total. The zero-order chi connectivity index (χ0) is 27.1. The molecule has 11 heteroatoms. The van der Waals surface area contributed by atoms with E-state index in [0.29, 0.717) is 22.8 Å². The van der Waals surface area contributed by atoms with Crippen LogP contribution in [-0.4, -0.2) is 41.0 Å². The highest BCUT2D eigenvalue weighted by atomic mass is 32.2. The number of carbonyl (C=O) groups excluding carboxylic acids is 2. The van der Waals surface area contributed by atoms with Gasteiger partial charge in [-0.3, -0.25) is 10.1 Å². The predicted molar refractivity (Wildman–Crippen MR) is 146 cm³/mol. The predicted octanol–water partition coefficient (Wildman–Crippen LogP) is 4.14. The summed E-state index contributed by atoms with van der Waals surface area (Å²) in [6.07, 6.45) is 0. The van der Waals surface area contributed by atoms with E-state index in [1.807, 2.05) is 80.1 Å². The Morgan fingerprint density at radius 2 is 1.74 bits per heavy atom. The minimum absolute atomic E-state index is 0.0205. The van der Waals surface area contributed by atoms with Crippen molar-refractivity contribution in [2.75, 3.05) is 17.2 Å². The molecule has 0 unspecified atom stereocenters. The number of hydrogen-bond donors (Lipinski definition) is 3. The molecule has 0 radical (unpaired) electrons. The first kappa shape index (κ1) is 25.4. The van der Waals surface area contributed by atoms with E-state index >= 15 is 0 Å². The van der Waals surface area contributed by atoms with Gasteiger partial charge in [0.15, 0.2) is 0 Å². The fraction of sp³-hybridized carbons (Fsp3) is 0.222. The Hall–Kier alpha value is -4.22. The molecular weight excluding hydrogens is 504 g/mol. The van der Waals surface area contributed by atoms with E-state index in [2.05, 4.69) is 10.6 Å². The van der Waals surface area contributed by atoms with E-state index in [0.717, 1.165) is 20.8 Å². The highest BCUT2D eigenvalue weighted by molar-refractivity contribution is 7.88. The number of amides is 3. The molecule has 3 aromatic carbocycles. The van der Waals surface area contributed by atoms with Gasteiger partial charge in [-0.2, -0.15) is 17.8 Å². The number of anilines is 2. The second-order valence-electron chi connectivity index (χ2n) is 10.2. The summed E-state index contributed by atoms with van der Waals surface area (Å²) < 4.78 is 29.0. The summed E-state index contributed by atoms with van der Waals surface area (Å²) in [7, 11) is -3.85. The number of hydrogen-bond acceptors (Lipinski definition) is 5. The highest BCUT2D eigenvalue weighted by Gasteiger charge is 2.33. The van der Waals surface area contributed by atoms with Crippen LogP contribution in [0, 0.1) is 0 Å². The highest BCUT2D eigenvalue weighted by Crippen LogP contribution is 2.28. The number of fused-ring (bicyclic) bond motifs is 1. The van der Waals surface area contributed by atoms with Crippen LogP contribution < -0.4 is 15.4 Å². The van der Waals surface area contributed by atoms with Gasteiger partial charge in [0.1, 0.15) is 5.82 Å². The maximum atomic E-state index is 13.1. The van der Waals surface area contributed by atoms with Crippen molar-refractivity contribution >= 4 is 44.4 Å². The Morgan fingerprint density at radius 1 is 1.00 bits per heavy atom. The third-order valence-corrected chi connectivity index (χ3v) is 7.60. The van der Waals surface area contributed by atoms with Crippen LogP contribution in [0.1, 0.15) is 32.0 Å². The molecule has 38 heavy (non-hydrogen) atoms. The van der Waals surface area contributed by atoms with Gasteiger partial charge in [0, 0.05) is 23.4 Å². The summed E-state index contributed by atoms with van der Waals surface area (Å²) in [5.74, 6) is -0.109. The average Bonchev–Trinajstić information content (AvgIpc) is 3.38. The van der Waals surface area contributed by atoms with Crippen LogP contribution in [0.4, 0.5) is 16.3 Å². The molecule has 3 amide bonds. The molecule has 1 aliphatic rings. The number of aromatic nitrogens is 2. The molecule has 0 bridgehead atoms. The molecule has 1 aromatic heterocycles. The largest absolute Gasteiger partial charge is 0.324 e. The molecule has 2 heterocycles. The molecule has 4 aromatic rings. The van der Waals surface area contributed by atoms with Crippen molar-refractivity contribution in [2.24, 2.45) is 0 Å². The lowest BCUT2D eigenvalue weighted by Crippen LogP contribution is -2.29. The molecule has 196 valence electrons. The van der Waals surface area contributed by atoms with Gasteiger partial charge in [-0.05, 0) is 29.1 Å². The van der Waals surface area contributed by atoms with Gasteiger partial charge in [-0.25, -0.2) is 14.2 Å². The number of nitrogens with zero attached hydrogens (tertiary/aromatic N) is 3. The maximum absolute atomic E-state index is 13.1. The molecule has 5 rings (SSSR count). The second kappa shape index (κ2) is 9.58. The van der Waals surface area contributed by atoms with Gasteiger partial charge < -0.3 is 5.32 Å². The van der Waals surface area contributed by atoms with E-state index < -0.39 is 22.1 Å². The SMILES string of the molecule is CC(C)(C)c1cc(NC(=O)Nc2cccc3ccccc23)n(-c2cccc(CN3CC(=O)NS3(=O)=O)c2)n1. The minimum atomic E-state index is -3.85. The molecular formula is C27H28N6O4S. The zero-order valence-corrected chi connectivity index (χ0v) is 22.0. The topological polar surface area (TPSA) is 125 Å². The lowest BCUT2D eigenvalue weighted by Gasteiger charge is -2.15. The maximum Gasteiger partial charge on any atom is 0.324 e. The van der Waals surface area contributed by atoms with Crippen LogP contribution in [-0.2, 0) is 27.0 Å². The van der Waals surface area contributed by atoms with Crippen LogP contribution in [0.15, 0.2) is 72.8 Å². The lowest BCUT2D eigenvalue weighted by molar-refractivity contribution is -0.118. The summed E-state index contributed by atoms with van der Waals surface area (Å²) in [5.41, 5.74) is 2.46. The molecule has 10 nitrogen and oxygen atoms in total. The van der Waals surface area contributed by atoms with E-state index in [4.69, 9.17) is 5.10 Å². The number of rotatable bonds is 5. The standard InChI is InChI=1S/C27H28N6O4S/c1-27(2,3)23-15-24(29-26(35)28-22-13-7-10-19-9-4-5-12-21(19)22)33(30-23)20-11-6-8-18(14-20)16-32-17-25(34)31-38(32,36)37/h4-15H,16-17H2,1-3H3,(H,31,34)(H2,28,29,35). The first-order valence-electron chi connectivity index (χ1n) is 12.1. The monoisotopic (exact) mass is 532 g/mol. The fourth-order valence-corrected chi connectivity index (χ4v) is 5.34. The summed E-state index contributed by atoms with van der Waals surface area (Å²) in [6.45, 7) is 5.87. The summed E-state index contributed by atoms with van der Waals surface area (Å²) in [5, 5.41) is 12.5.